The van der Waals surface area contributed by atoms with Crippen LogP contribution < -0.4 is 0 Å². The van der Waals surface area contributed by atoms with Crippen LogP contribution >= 0.6 is 22.9 Å². The lowest BCUT2D eigenvalue weighted by Crippen LogP contribution is -2.29. The van der Waals surface area contributed by atoms with Gasteiger partial charge in [-0.3, -0.25) is 0 Å². The molecule has 2 aromatic rings. The summed E-state index contributed by atoms with van der Waals surface area (Å²) in [6.45, 7) is 4.70. The Morgan fingerprint density at radius 1 is 1.29 bits per heavy atom. The minimum absolute atomic E-state index is 0.214. The minimum atomic E-state index is -3.50. The molecule has 116 valence electrons. The van der Waals surface area contributed by atoms with Gasteiger partial charge in [0.05, 0.1) is 5.88 Å². The van der Waals surface area contributed by atoms with E-state index in [1.807, 2.05) is 24.3 Å². The fourth-order valence-corrected chi connectivity index (χ4v) is 5.46. The Labute approximate surface area is 135 Å². The first kappa shape index (κ1) is 16.7. The molecule has 2 rings (SSSR count). The molecule has 0 fully saturated rings. The van der Waals surface area contributed by atoms with Crippen molar-refractivity contribution in [2.24, 2.45) is 5.92 Å². The van der Waals surface area contributed by atoms with Gasteiger partial charge in [0.15, 0.2) is 0 Å². The summed E-state index contributed by atoms with van der Waals surface area (Å²) in [4.78, 5) is 1.10. The maximum absolute atomic E-state index is 12.9. The molecular weight excluding hydrogens is 326 g/mol. The average molecular weight is 346 g/mol. The molecule has 0 aliphatic heterocycles. The quantitative estimate of drug-likeness (QED) is 0.732. The van der Waals surface area contributed by atoms with Gasteiger partial charge in [0, 0.05) is 28.6 Å². The van der Waals surface area contributed by atoms with Crippen LogP contribution in [0, 0.1) is 5.92 Å². The van der Waals surface area contributed by atoms with Crippen molar-refractivity contribution in [2.75, 3.05) is 13.6 Å². The maximum Gasteiger partial charge on any atom is 0.244 e. The van der Waals surface area contributed by atoms with E-state index in [4.69, 9.17) is 11.6 Å². The van der Waals surface area contributed by atoms with E-state index in [-0.39, 0.29) is 5.88 Å². The molecule has 1 heterocycles. The van der Waals surface area contributed by atoms with Gasteiger partial charge in [-0.2, -0.15) is 0 Å². The van der Waals surface area contributed by atoms with Gasteiger partial charge in [0.2, 0.25) is 10.0 Å². The van der Waals surface area contributed by atoms with Crippen molar-refractivity contribution in [3.63, 3.8) is 0 Å². The zero-order valence-corrected chi connectivity index (χ0v) is 14.9. The van der Waals surface area contributed by atoms with Crippen molar-refractivity contribution >= 4 is 43.0 Å². The molecule has 1 aromatic carbocycles. The smallest absolute Gasteiger partial charge is 0.207 e. The molecule has 0 radical (unpaired) electrons. The molecule has 0 bridgehead atoms. The molecule has 0 spiro atoms. The van der Waals surface area contributed by atoms with Gasteiger partial charge >= 0.3 is 0 Å². The number of hydrogen-bond acceptors (Lipinski definition) is 3. The van der Waals surface area contributed by atoms with E-state index >= 15 is 0 Å². The van der Waals surface area contributed by atoms with E-state index in [2.05, 4.69) is 13.8 Å². The number of hydrogen-bond donors (Lipinski definition) is 0. The van der Waals surface area contributed by atoms with E-state index < -0.39 is 10.0 Å². The van der Waals surface area contributed by atoms with Crippen LogP contribution in [-0.2, 0) is 15.9 Å². The molecule has 0 unspecified atom stereocenters. The Kier molecular flexibility index (Phi) is 5.30. The first-order valence-corrected chi connectivity index (χ1v) is 9.69. The van der Waals surface area contributed by atoms with Crippen molar-refractivity contribution in [1.82, 2.24) is 4.31 Å². The van der Waals surface area contributed by atoms with Crippen molar-refractivity contribution in [3.05, 3.63) is 29.1 Å². The third-order valence-electron chi connectivity index (χ3n) is 3.43. The number of thiophene rings is 1. The van der Waals surface area contributed by atoms with Crippen LogP contribution in [0.5, 0.6) is 0 Å². The molecule has 0 saturated heterocycles. The average Bonchev–Trinajstić information content (AvgIpc) is 2.83. The predicted molar refractivity (Wildman–Crippen MR) is 90.7 cm³/mol. The third kappa shape index (κ3) is 3.42. The van der Waals surface area contributed by atoms with Crippen LogP contribution in [0.4, 0.5) is 0 Å². The van der Waals surface area contributed by atoms with Crippen molar-refractivity contribution < 1.29 is 8.42 Å². The van der Waals surface area contributed by atoms with Gasteiger partial charge < -0.3 is 0 Å². The highest BCUT2D eigenvalue weighted by molar-refractivity contribution is 7.89. The van der Waals surface area contributed by atoms with Crippen LogP contribution in [-0.4, -0.2) is 26.3 Å². The molecule has 0 N–H and O–H groups in total. The number of fused-ring (bicyclic) bond motifs is 1. The van der Waals surface area contributed by atoms with Gasteiger partial charge in [-0.15, -0.1) is 22.9 Å². The minimum Gasteiger partial charge on any atom is -0.207 e. The van der Waals surface area contributed by atoms with E-state index in [1.54, 1.807) is 7.05 Å². The molecule has 6 heteroatoms. The first-order chi connectivity index (χ1) is 9.87. The Hall–Kier alpha value is -0.620. The van der Waals surface area contributed by atoms with Gasteiger partial charge in [0.1, 0.15) is 4.90 Å². The molecule has 0 saturated carbocycles. The summed E-state index contributed by atoms with van der Waals surface area (Å²) in [5, 5.41) is 0.773. The molecule has 0 aliphatic rings. The predicted octanol–water partition coefficient (Wildman–Crippen LogP) is 4.31. The number of nitrogens with zero attached hydrogens (tertiary/aromatic N) is 1. The second kappa shape index (κ2) is 6.65. The lowest BCUT2D eigenvalue weighted by atomic mass is 10.1. The SMILES string of the molecule is CC(C)CCN(C)S(=O)(=O)c1c(CCl)sc2ccccc12. The van der Waals surface area contributed by atoms with Crippen molar-refractivity contribution in [2.45, 2.75) is 31.0 Å². The van der Waals surface area contributed by atoms with Crippen LogP contribution in [0.1, 0.15) is 25.1 Å². The van der Waals surface area contributed by atoms with Crippen LogP contribution in [0.15, 0.2) is 29.2 Å². The Bertz CT molecular complexity index is 722. The van der Waals surface area contributed by atoms with E-state index in [1.165, 1.54) is 15.6 Å². The third-order valence-corrected chi connectivity index (χ3v) is 7.14. The number of benzene rings is 1. The lowest BCUT2D eigenvalue weighted by molar-refractivity contribution is 0.428. The second-order valence-electron chi connectivity index (χ2n) is 5.49. The molecular formula is C15H20ClNO2S2. The molecule has 0 aliphatic carbocycles. The Balaban J connectivity index is 2.48. The van der Waals surface area contributed by atoms with Crippen LogP contribution in [0.3, 0.4) is 0 Å². The largest absolute Gasteiger partial charge is 0.244 e. The Morgan fingerprint density at radius 3 is 2.57 bits per heavy atom. The molecule has 1 aromatic heterocycles. The van der Waals surface area contributed by atoms with Gasteiger partial charge in [-0.1, -0.05) is 32.0 Å². The normalized spacial score (nSPS) is 12.7. The summed E-state index contributed by atoms with van der Waals surface area (Å²) in [6.07, 6.45) is 0.841. The number of rotatable bonds is 6. The Morgan fingerprint density at radius 2 is 1.95 bits per heavy atom. The summed E-state index contributed by atoms with van der Waals surface area (Å²) in [5.74, 6) is 0.681. The number of alkyl halides is 1. The first-order valence-electron chi connectivity index (χ1n) is 6.90. The van der Waals surface area contributed by atoms with Crippen molar-refractivity contribution in [3.8, 4) is 0 Å². The number of sulfonamides is 1. The summed E-state index contributed by atoms with van der Waals surface area (Å²) >= 11 is 7.42. The van der Waals surface area contributed by atoms with Gasteiger partial charge in [-0.05, 0) is 18.4 Å². The second-order valence-corrected chi connectivity index (χ2v) is 8.88. The maximum atomic E-state index is 12.9. The summed E-state index contributed by atoms with van der Waals surface area (Å²) in [7, 11) is -1.86. The standard InChI is InChI=1S/C15H20ClNO2S2/c1-11(2)8-9-17(3)21(18,19)15-12-6-4-5-7-13(12)20-14(15)10-16/h4-7,11H,8-10H2,1-3H3. The van der Waals surface area contributed by atoms with Gasteiger partial charge in [-0.25, -0.2) is 12.7 Å². The van der Waals surface area contributed by atoms with Gasteiger partial charge in [0.25, 0.3) is 0 Å². The topological polar surface area (TPSA) is 37.4 Å². The monoisotopic (exact) mass is 345 g/mol. The summed E-state index contributed by atoms with van der Waals surface area (Å²) in [6, 6.07) is 7.56. The zero-order chi connectivity index (χ0) is 15.6. The molecule has 0 amide bonds. The highest BCUT2D eigenvalue weighted by Gasteiger charge is 2.27. The lowest BCUT2D eigenvalue weighted by Gasteiger charge is -2.18. The van der Waals surface area contributed by atoms with E-state index in [0.29, 0.717) is 22.2 Å². The zero-order valence-electron chi connectivity index (χ0n) is 12.5. The van der Waals surface area contributed by atoms with E-state index in [9.17, 15) is 8.42 Å². The fraction of sp³-hybridized carbons (Fsp3) is 0.467. The molecule has 21 heavy (non-hydrogen) atoms. The molecule has 0 atom stereocenters. The number of halogens is 1. The highest BCUT2D eigenvalue weighted by atomic mass is 35.5. The summed E-state index contributed by atoms with van der Waals surface area (Å²) < 4.78 is 28.2. The highest BCUT2D eigenvalue weighted by Crippen LogP contribution is 2.37. The van der Waals surface area contributed by atoms with Crippen LogP contribution in [0.2, 0.25) is 0 Å². The summed E-state index contributed by atoms with van der Waals surface area (Å²) in [5.41, 5.74) is 0. The fourth-order valence-electron chi connectivity index (χ4n) is 2.16. The van der Waals surface area contributed by atoms with E-state index in [0.717, 1.165) is 16.5 Å². The van der Waals surface area contributed by atoms with Crippen molar-refractivity contribution in [1.29, 1.82) is 0 Å². The van der Waals surface area contributed by atoms with Crippen LogP contribution in [0.25, 0.3) is 10.1 Å². The molecule has 3 nitrogen and oxygen atoms in total.